The first-order valence-corrected chi connectivity index (χ1v) is 9.04. The predicted octanol–water partition coefficient (Wildman–Crippen LogP) is 4.51. The van der Waals surface area contributed by atoms with Crippen molar-refractivity contribution in [2.45, 2.75) is 32.7 Å². The summed E-state index contributed by atoms with van der Waals surface area (Å²) in [5.41, 5.74) is 3.38. The van der Waals surface area contributed by atoms with Gasteiger partial charge in [-0.1, -0.05) is 62.4 Å². The van der Waals surface area contributed by atoms with Gasteiger partial charge in [0, 0.05) is 25.3 Å². The Morgan fingerprint density at radius 1 is 1.04 bits per heavy atom. The lowest BCUT2D eigenvalue weighted by Gasteiger charge is -2.35. The van der Waals surface area contributed by atoms with Crippen LogP contribution in [-0.2, 0) is 6.54 Å². The predicted molar refractivity (Wildman–Crippen MR) is 103 cm³/mol. The number of carbonyl (C=O) groups is 1. The molecule has 1 aliphatic rings. The summed E-state index contributed by atoms with van der Waals surface area (Å²) in [5.74, 6) is 0.382. The molecule has 1 saturated heterocycles. The van der Waals surface area contributed by atoms with Crippen LogP contribution in [0.3, 0.4) is 0 Å². The largest absolute Gasteiger partial charge is 0.322 e. The zero-order valence-electron chi connectivity index (χ0n) is 15.1. The number of para-hydroxylation sites is 1. The average Bonchev–Trinajstić information content (AvgIpc) is 2.63. The summed E-state index contributed by atoms with van der Waals surface area (Å²) in [7, 11) is 0. The normalized spacial score (nSPS) is 15.4. The van der Waals surface area contributed by atoms with Gasteiger partial charge in [-0.2, -0.15) is 0 Å². The molecule has 2 aromatic rings. The average molecular weight is 337 g/mol. The smallest absolute Gasteiger partial charge is 0.311 e. The minimum atomic E-state index is -0.00846. The van der Waals surface area contributed by atoms with E-state index in [4.69, 9.17) is 0 Å². The number of hydrogen-bond donors (Lipinski definition) is 1. The van der Waals surface area contributed by atoms with E-state index in [1.807, 2.05) is 29.2 Å². The Morgan fingerprint density at radius 2 is 1.76 bits per heavy atom. The Bertz CT molecular complexity index is 699. The first kappa shape index (κ1) is 17.5. The molecule has 2 amide bonds. The van der Waals surface area contributed by atoms with Gasteiger partial charge in [-0.05, 0) is 29.5 Å². The van der Waals surface area contributed by atoms with Gasteiger partial charge in [0.1, 0.15) is 0 Å². The highest BCUT2D eigenvalue weighted by molar-refractivity contribution is 5.90. The van der Waals surface area contributed by atoms with Crippen LogP contribution < -0.4 is 5.32 Å². The van der Waals surface area contributed by atoms with Crippen LogP contribution in [0.2, 0.25) is 0 Å². The molecule has 2 aromatic carbocycles. The molecule has 25 heavy (non-hydrogen) atoms. The number of nitrogens with zero attached hydrogens (tertiary/aromatic N) is 2. The third-order valence-corrected chi connectivity index (χ3v) is 4.63. The third-order valence-electron chi connectivity index (χ3n) is 4.63. The molecule has 0 atom stereocenters. The number of amides is 2. The first-order valence-electron chi connectivity index (χ1n) is 9.04. The van der Waals surface area contributed by atoms with Crippen LogP contribution in [0.5, 0.6) is 0 Å². The Balaban J connectivity index is 1.62. The van der Waals surface area contributed by atoms with E-state index in [0.29, 0.717) is 12.6 Å². The quantitative estimate of drug-likeness (QED) is 0.891. The van der Waals surface area contributed by atoms with Gasteiger partial charge in [0.15, 0.2) is 0 Å². The molecule has 1 aliphatic heterocycles. The summed E-state index contributed by atoms with van der Waals surface area (Å²) in [5, 5.41) is 3.11. The van der Waals surface area contributed by atoms with Crippen molar-refractivity contribution < 1.29 is 4.79 Å². The van der Waals surface area contributed by atoms with Crippen molar-refractivity contribution >= 4 is 11.7 Å². The Morgan fingerprint density at radius 3 is 2.52 bits per heavy atom. The van der Waals surface area contributed by atoms with Crippen molar-refractivity contribution in [3.8, 4) is 0 Å². The van der Waals surface area contributed by atoms with Crippen molar-refractivity contribution in [1.29, 1.82) is 0 Å². The number of nitrogens with one attached hydrogen (secondary N) is 1. The SMILES string of the molecule is CC(C)c1ccccc1NC(=O)N1CCCN(Cc2ccccc2)C1. The van der Waals surface area contributed by atoms with E-state index in [1.54, 1.807) is 0 Å². The summed E-state index contributed by atoms with van der Waals surface area (Å²) in [6.45, 7) is 7.68. The van der Waals surface area contributed by atoms with Crippen LogP contribution >= 0.6 is 0 Å². The van der Waals surface area contributed by atoms with E-state index in [-0.39, 0.29) is 6.03 Å². The lowest BCUT2D eigenvalue weighted by Crippen LogP contribution is -2.48. The van der Waals surface area contributed by atoms with Gasteiger partial charge in [0.05, 0.1) is 6.67 Å². The molecule has 1 fully saturated rings. The van der Waals surface area contributed by atoms with Gasteiger partial charge >= 0.3 is 6.03 Å². The molecule has 0 aliphatic carbocycles. The van der Waals surface area contributed by atoms with Gasteiger partial charge in [-0.3, -0.25) is 4.90 Å². The molecule has 4 heteroatoms. The summed E-state index contributed by atoms with van der Waals surface area (Å²) >= 11 is 0. The van der Waals surface area contributed by atoms with E-state index in [2.05, 4.69) is 54.4 Å². The maximum absolute atomic E-state index is 12.7. The maximum Gasteiger partial charge on any atom is 0.322 e. The molecule has 0 bridgehead atoms. The van der Waals surface area contributed by atoms with Gasteiger partial charge < -0.3 is 10.2 Å². The number of urea groups is 1. The molecule has 132 valence electrons. The highest BCUT2D eigenvalue weighted by Crippen LogP contribution is 2.24. The summed E-state index contributed by atoms with van der Waals surface area (Å²) < 4.78 is 0. The van der Waals surface area contributed by atoms with Crippen LogP contribution in [0, 0.1) is 0 Å². The van der Waals surface area contributed by atoms with E-state index in [0.717, 1.165) is 31.7 Å². The number of anilines is 1. The molecule has 0 spiro atoms. The minimum Gasteiger partial charge on any atom is -0.311 e. The van der Waals surface area contributed by atoms with Gasteiger partial charge in [0.2, 0.25) is 0 Å². The van der Waals surface area contributed by atoms with E-state index in [1.165, 1.54) is 11.1 Å². The summed E-state index contributed by atoms with van der Waals surface area (Å²) in [6.07, 6.45) is 1.01. The van der Waals surface area contributed by atoms with E-state index < -0.39 is 0 Å². The molecule has 0 unspecified atom stereocenters. The molecule has 0 radical (unpaired) electrons. The van der Waals surface area contributed by atoms with E-state index >= 15 is 0 Å². The van der Waals surface area contributed by atoms with Crippen LogP contribution in [0.1, 0.15) is 37.3 Å². The Labute approximate surface area is 150 Å². The van der Waals surface area contributed by atoms with Crippen molar-refractivity contribution in [2.75, 3.05) is 25.1 Å². The highest BCUT2D eigenvalue weighted by Gasteiger charge is 2.22. The zero-order valence-corrected chi connectivity index (χ0v) is 15.1. The van der Waals surface area contributed by atoms with Gasteiger partial charge in [0.25, 0.3) is 0 Å². The monoisotopic (exact) mass is 337 g/mol. The van der Waals surface area contributed by atoms with Crippen molar-refractivity contribution in [3.05, 3.63) is 65.7 Å². The van der Waals surface area contributed by atoms with Crippen LogP contribution in [0.25, 0.3) is 0 Å². The fraction of sp³-hybridized carbons (Fsp3) is 0.381. The van der Waals surface area contributed by atoms with Crippen molar-refractivity contribution in [1.82, 2.24) is 9.80 Å². The zero-order chi connectivity index (χ0) is 17.6. The molecule has 1 heterocycles. The lowest BCUT2D eigenvalue weighted by molar-refractivity contribution is 0.105. The van der Waals surface area contributed by atoms with Crippen molar-refractivity contribution in [3.63, 3.8) is 0 Å². The molecule has 3 rings (SSSR count). The molecular formula is C21H27N3O. The summed E-state index contributed by atoms with van der Waals surface area (Å²) in [6, 6.07) is 18.5. The highest BCUT2D eigenvalue weighted by atomic mass is 16.2. The second-order valence-electron chi connectivity index (χ2n) is 6.97. The second-order valence-corrected chi connectivity index (χ2v) is 6.97. The fourth-order valence-corrected chi connectivity index (χ4v) is 3.31. The van der Waals surface area contributed by atoms with Gasteiger partial charge in [-0.15, -0.1) is 0 Å². The first-order chi connectivity index (χ1) is 12.1. The molecular weight excluding hydrogens is 310 g/mol. The maximum atomic E-state index is 12.7. The van der Waals surface area contributed by atoms with Crippen LogP contribution in [-0.4, -0.2) is 35.6 Å². The molecule has 4 nitrogen and oxygen atoms in total. The van der Waals surface area contributed by atoms with Crippen LogP contribution in [0.15, 0.2) is 54.6 Å². The molecule has 1 N–H and O–H groups in total. The number of carbonyl (C=O) groups excluding carboxylic acids is 1. The standard InChI is InChI=1S/C21H27N3O/c1-17(2)19-11-6-7-12-20(19)22-21(25)24-14-8-13-23(16-24)15-18-9-4-3-5-10-18/h3-7,9-12,17H,8,13-16H2,1-2H3,(H,22,25). The number of benzene rings is 2. The van der Waals surface area contributed by atoms with E-state index in [9.17, 15) is 4.79 Å². The Kier molecular flexibility index (Phi) is 5.71. The molecule has 0 saturated carbocycles. The van der Waals surface area contributed by atoms with Gasteiger partial charge in [-0.25, -0.2) is 4.79 Å². The second kappa shape index (κ2) is 8.17. The minimum absolute atomic E-state index is 0.00846. The molecule has 0 aromatic heterocycles. The lowest BCUT2D eigenvalue weighted by atomic mass is 10.0. The third kappa shape index (κ3) is 4.60. The summed E-state index contributed by atoms with van der Waals surface area (Å²) in [4.78, 5) is 17.0. The topological polar surface area (TPSA) is 35.6 Å². The Hall–Kier alpha value is -2.33. The fourth-order valence-electron chi connectivity index (χ4n) is 3.31. The number of hydrogen-bond acceptors (Lipinski definition) is 2. The van der Waals surface area contributed by atoms with Crippen LogP contribution in [0.4, 0.5) is 10.5 Å². The van der Waals surface area contributed by atoms with Crippen molar-refractivity contribution in [2.24, 2.45) is 0 Å². The number of rotatable bonds is 4.